The predicted octanol–water partition coefficient (Wildman–Crippen LogP) is 7.59. The standard InChI is InChI=1S/C25H22O3.2CH4/c1-3-16(2)25(27)28-24-15-13-20(18-9-5-7-11-22(18)24)19-12-14-23(26)21-10-6-4-8-17(19)21;;/h4-16,26H,3H2,1-2H3;2*1H4. The Morgan fingerprint density at radius 1 is 0.800 bits per heavy atom. The summed E-state index contributed by atoms with van der Waals surface area (Å²) >= 11 is 0. The van der Waals surface area contributed by atoms with Crippen molar-refractivity contribution in [3.63, 3.8) is 0 Å². The Kier molecular flexibility index (Phi) is 7.23. The molecule has 0 bridgehead atoms. The van der Waals surface area contributed by atoms with Crippen molar-refractivity contribution in [1.82, 2.24) is 0 Å². The summed E-state index contributed by atoms with van der Waals surface area (Å²) in [7, 11) is 0. The molecule has 156 valence electrons. The number of esters is 1. The summed E-state index contributed by atoms with van der Waals surface area (Å²) in [6.07, 6.45) is 0.744. The molecule has 4 aromatic rings. The van der Waals surface area contributed by atoms with Crippen LogP contribution in [0.3, 0.4) is 0 Å². The summed E-state index contributed by atoms with van der Waals surface area (Å²) < 4.78 is 5.70. The largest absolute Gasteiger partial charge is 0.507 e. The van der Waals surface area contributed by atoms with Crippen LogP contribution in [0.2, 0.25) is 0 Å². The molecule has 0 spiro atoms. The average molecular weight is 403 g/mol. The minimum absolute atomic E-state index is 0. The van der Waals surface area contributed by atoms with Crippen molar-refractivity contribution in [1.29, 1.82) is 0 Å². The van der Waals surface area contributed by atoms with E-state index in [1.807, 2.05) is 80.6 Å². The van der Waals surface area contributed by atoms with Gasteiger partial charge in [-0.1, -0.05) is 89.4 Å². The number of benzene rings is 4. The molecular formula is C27H30O3. The molecule has 0 saturated carbocycles. The maximum Gasteiger partial charge on any atom is 0.314 e. The van der Waals surface area contributed by atoms with E-state index >= 15 is 0 Å². The Labute approximate surface area is 178 Å². The van der Waals surface area contributed by atoms with E-state index in [2.05, 4.69) is 0 Å². The number of phenolic OH excluding ortho intramolecular Hbond substituents is 1. The van der Waals surface area contributed by atoms with Gasteiger partial charge in [0.1, 0.15) is 11.5 Å². The van der Waals surface area contributed by atoms with Gasteiger partial charge in [0.25, 0.3) is 0 Å². The van der Waals surface area contributed by atoms with Gasteiger partial charge in [0.15, 0.2) is 0 Å². The Hall–Kier alpha value is -3.33. The third kappa shape index (κ3) is 4.02. The monoisotopic (exact) mass is 402 g/mol. The third-order valence-corrected chi connectivity index (χ3v) is 5.30. The van der Waals surface area contributed by atoms with Gasteiger partial charge >= 0.3 is 5.97 Å². The number of carbonyl (C=O) groups excluding carboxylic acids is 1. The van der Waals surface area contributed by atoms with Crippen molar-refractivity contribution in [2.24, 2.45) is 5.92 Å². The Morgan fingerprint density at radius 3 is 1.90 bits per heavy atom. The van der Waals surface area contributed by atoms with Gasteiger partial charge in [-0.15, -0.1) is 0 Å². The van der Waals surface area contributed by atoms with Crippen molar-refractivity contribution >= 4 is 27.5 Å². The fourth-order valence-corrected chi connectivity index (χ4v) is 3.49. The van der Waals surface area contributed by atoms with Crippen LogP contribution in [-0.2, 0) is 4.79 Å². The molecule has 0 fully saturated rings. The zero-order valence-electron chi connectivity index (χ0n) is 16.0. The lowest BCUT2D eigenvalue weighted by Crippen LogP contribution is -2.17. The zero-order valence-corrected chi connectivity index (χ0v) is 16.0. The van der Waals surface area contributed by atoms with Crippen molar-refractivity contribution in [3.8, 4) is 22.6 Å². The fourth-order valence-electron chi connectivity index (χ4n) is 3.49. The minimum Gasteiger partial charge on any atom is -0.507 e. The van der Waals surface area contributed by atoms with Gasteiger partial charge in [0.05, 0.1) is 5.92 Å². The van der Waals surface area contributed by atoms with Crippen LogP contribution in [0.1, 0.15) is 35.1 Å². The topological polar surface area (TPSA) is 46.5 Å². The summed E-state index contributed by atoms with van der Waals surface area (Å²) in [5.74, 6) is 0.491. The molecule has 0 saturated heterocycles. The molecule has 4 rings (SSSR count). The normalized spacial score (nSPS) is 11.4. The lowest BCUT2D eigenvalue weighted by Gasteiger charge is -2.15. The number of carbonyl (C=O) groups is 1. The van der Waals surface area contributed by atoms with Gasteiger partial charge in [-0.2, -0.15) is 0 Å². The van der Waals surface area contributed by atoms with Crippen molar-refractivity contribution in [3.05, 3.63) is 72.8 Å². The van der Waals surface area contributed by atoms with Crippen LogP contribution in [-0.4, -0.2) is 11.1 Å². The maximum absolute atomic E-state index is 12.3. The number of ether oxygens (including phenoxy) is 1. The van der Waals surface area contributed by atoms with Gasteiger partial charge in [0.2, 0.25) is 0 Å². The molecule has 0 aliphatic heterocycles. The van der Waals surface area contributed by atoms with E-state index in [0.717, 1.165) is 39.1 Å². The van der Waals surface area contributed by atoms with Crippen LogP contribution in [0.25, 0.3) is 32.7 Å². The van der Waals surface area contributed by atoms with Gasteiger partial charge in [0, 0.05) is 10.8 Å². The lowest BCUT2D eigenvalue weighted by atomic mass is 9.93. The molecule has 0 heterocycles. The van der Waals surface area contributed by atoms with Crippen LogP contribution in [0.15, 0.2) is 72.8 Å². The van der Waals surface area contributed by atoms with Gasteiger partial charge in [-0.25, -0.2) is 0 Å². The maximum atomic E-state index is 12.3. The minimum atomic E-state index is -0.213. The second kappa shape index (κ2) is 9.45. The van der Waals surface area contributed by atoms with Crippen LogP contribution in [0.4, 0.5) is 0 Å². The highest BCUT2D eigenvalue weighted by atomic mass is 16.5. The second-order valence-electron chi connectivity index (χ2n) is 7.07. The van der Waals surface area contributed by atoms with E-state index in [1.54, 1.807) is 6.07 Å². The number of hydrogen-bond donors (Lipinski definition) is 1. The predicted molar refractivity (Wildman–Crippen MR) is 127 cm³/mol. The quantitative estimate of drug-likeness (QED) is 0.282. The highest BCUT2D eigenvalue weighted by Crippen LogP contribution is 2.39. The summed E-state index contributed by atoms with van der Waals surface area (Å²) in [6.45, 7) is 3.85. The lowest BCUT2D eigenvalue weighted by molar-refractivity contribution is -0.138. The molecule has 0 aliphatic carbocycles. The van der Waals surface area contributed by atoms with Crippen LogP contribution >= 0.6 is 0 Å². The van der Waals surface area contributed by atoms with Crippen molar-refractivity contribution in [2.75, 3.05) is 0 Å². The summed E-state index contributed by atoms with van der Waals surface area (Å²) in [6, 6.07) is 23.3. The molecule has 4 aromatic carbocycles. The van der Waals surface area contributed by atoms with Crippen molar-refractivity contribution < 1.29 is 14.6 Å². The fraction of sp³-hybridized carbons (Fsp3) is 0.222. The van der Waals surface area contributed by atoms with E-state index in [4.69, 9.17) is 4.74 Å². The first-order valence-corrected chi connectivity index (χ1v) is 9.54. The van der Waals surface area contributed by atoms with Crippen LogP contribution in [0.5, 0.6) is 11.5 Å². The molecule has 0 aromatic heterocycles. The van der Waals surface area contributed by atoms with E-state index < -0.39 is 0 Å². The molecule has 3 nitrogen and oxygen atoms in total. The second-order valence-corrected chi connectivity index (χ2v) is 7.07. The molecule has 0 radical (unpaired) electrons. The molecule has 0 amide bonds. The Bertz CT molecular complexity index is 1180. The Balaban J connectivity index is 0.00000160. The first-order valence-electron chi connectivity index (χ1n) is 9.54. The summed E-state index contributed by atoms with van der Waals surface area (Å²) in [4.78, 5) is 12.3. The van der Waals surface area contributed by atoms with Gasteiger partial charge in [-0.3, -0.25) is 4.79 Å². The highest BCUT2D eigenvalue weighted by molar-refractivity contribution is 6.08. The number of hydrogen-bond acceptors (Lipinski definition) is 3. The van der Waals surface area contributed by atoms with Gasteiger partial charge in [-0.05, 0) is 40.5 Å². The van der Waals surface area contributed by atoms with E-state index in [9.17, 15) is 9.90 Å². The molecule has 1 atom stereocenters. The molecule has 0 aliphatic rings. The van der Waals surface area contributed by atoms with Gasteiger partial charge < -0.3 is 9.84 Å². The summed E-state index contributed by atoms with van der Waals surface area (Å²) in [5.41, 5.74) is 2.07. The Morgan fingerprint density at radius 2 is 1.30 bits per heavy atom. The first kappa shape index (κ1) is 23.0. The van der Waals surface area contributed by atoms with E-state index in [1.165, 1.54) is 0 Å². The first-order chi connectivity index (χ1) is 13.6. The van der Waals surface area contributed by atoms with Crippen LogP contribution in [0, 0.1) is 5.92 Å². The number of aromatic hydroxyl groups is 1. The van der Waals surface area contributed by atoms with Crippen molar-refractivity contribution in [2.45, 2.75) is 35.1 Å². The molecule has 30 heavy (non-hydrogen) atoms. The molecule has 3 heteroatoms. The number of fused-ring (bicyclic) bond motifs is 2. The van der Waals surface area contributed by atoms with E-state index in [0.29, 0.717) is 5.75 Å². The third-order valence-electron chi connectivity index (χ3n) is 5.30. The van der Waals surface area contributed by atoms with Crippen LogP contribution < -0.4 is 4.74 Å². The summed E-state index contributed by atoms with van der Waals surface area (Å²) in [5, 5.41) is 13.9. The zero-order chi connectivity index (χ0) is 19.7. The number of rotatable bonds is 4. The molecule has 1 N–H and O–H groups in total. The van der Waals surface area contributed by atoms with E-state index in [-0.39, 0.29) is 32.5 Å². The number of phenols is 1. The molecule has 1 unspecified atom stereocenters. The molecular weight excluding hydrogens is 372 g/mol. The SMILES string of the molecule is C.C.CCC(C)C(=O)Oc1ccc(-c2ccc(O)c3ccccc23)c2ccccc12. The average Bonchev–Trinajstić information content (AvgIpc) is 2.74. The smallest absolute Gasteiger partial charge is 0.314 e. The highest BCUT2D eigenvalue weighted by Gasteiger charge is 2.17.